The normalized spacial score (nSPS) is 10.7. The van der Waals surface area contributed by atoms with E-state index in [4.69, 9.17) is 4.74 Å². The smallest absolute Gasteiger partial charge is 0.275 e. The summed E-state index contributed by atoms with van der Waals surface area (Å²) in [4.78, 5) is 36.1. The number of rotatable bonds is 8. The molecular formula is C18H21N5O3. The summed E-state index contributed by atoms with van der Waals surface area (Å²) in [6, 6.07) is 3.41. The van der Waals surface area contributed by atoms with Crippen LogP contribution in [-0.2, 0) is 16.0 Å². The summed E-state index contributed by atoms with van der Waals surface area (Å²) in [6.45, 7) is 0.480. The highest BCUT2D eigenvalue weighted by Gasteiger charge is 2.09. The number of hydrogen-bond acceptors (Lipinski definition) is 6. The molecule has 2 N–H and O–H groups in total. The van der Waals surface area contributed by atoms with Crippen LogP contribution >= 0.6 is 0 Å². The molecular weight excluding hydrogens is 334 g/mol. The van der Waals surface area contributed by atoms with Gasteiger partial charge in [0.1, 0.15) is 5.69 Å². The predicted octanol–water partition coefficient (Wildman–Crippen LogP) is 1.46. The Bertz CT molecular complexity index is 775. The van der Waals surface area contributed by atoms with Gasteiger partial charge in [0, 0.05) is 38.2 Å². The van der Waals surface area contributed by atoms with E-state index in [2.05, 4.69) is 25.6 Å². The maximum atomic E-state index is 12.3. The van der Waals surface area contributed by atoms with Gasteiger partial charge in [-0.1, -0.05) is 6.08 Å². The predicted molar refractivity (Wildman–Crippen MR) is 97.5 cm³/mol. The number of carbonyl (C=O) groups is 2. The summed E-state index contributed by atoms with van der Waals surface area (Å²) in [5.74, 6) is -0.426. The van der Waals surface area contributed by atoms with Crippen molar-refractivity contribution in [3.05, 3.63) is 53.9 Å². The minimum absolute atomic E-state index is 0.0591. The highest BCUT2D eigenvalue weighted by molar-refractivity contribution is 6.02. The van der Waals surface area contributed by atoms with Crippen LogP contribution in [0.15, 0.2) is 36.8 Å². The Morgan fingerprint density at radius 2 is 2.08 bits per heavy atom. The first-order valence-electron chi connectivity index (χ1n) is 8.06. The molecule has 0 saturated heterocycles. The van der Waals surface area contributed by atoms with Crippen molar-refractivity contribution in [2.75, 3.05) is 26.1 Å². The number of nitrogens with zero attached hydrogens (tertiary/aromatic N) is 3. The molecule has 2 aromatic rings. The Morgan fingerprint density at radius 1 is 1.23 bits per heavy atom. The standard InChI is InChI=1S/C18H21N5O3/c1-19-17(24)6-5-13-10-14(7-8-20-13)23-18(25)16-12-21-15(11-22-16)4-3-9-26-2/h3-4,7-8,10-12H,5-6,9H2,1-2H3,(H,19,24)(H,20,23,25)/b4-3-. The first-order valence-corrected chi connectivity index (χ1v) is 8.06. The second-order valence-corrected chi connectivity index (χ2v) is 5.35. The van der Waals surface area contributed by atoms with Crippen molar-refractivity contribution in [2.24, 2.45) is 0 Å². The van der Waals surface area contributed by atoms with E-state index in [1.54, 1.807) is 44.6 Å². The molecule has 0 aliphatic heterocycles. The molecule has 2 heterocycles. The lowest BCUT2D eigenvalue weighted by atomic mass is 10.2. The van der Waals surface area contributed by atoms with Gasteiger partial charge in [-0.15, -0.1) is 0 Å². The number of hydrogen-bond donors (Lipinski definition) is 2. The molecule has 0 radical (unpaired) electrons. The summed E-state index contributed by atoms with van der Waals surface area (Å²) in [5, 5.41) is 5.31. The Hall–Kier alpha value is -3.13. The summed E-state index contributed by atoms with van der Waals surface area (Å²) in [7, 11) is 3.19. The number of aromatic nitrogens is 3. The second kappa shape index (κ2) is 10.00. The Morgan fingerprint density at radius 3 is 2.77 bits per heavy atom. The number of methoxy groups -OCH3 is 1. The number of aryl methyl sites for hydroxylation is 1. The van der Waals surface area contributed by atoms with Gasteiger partial charge in [-0.25, -0.2) is 4.98 Å². The number of pyridine rings is 1. The van der Waals surface area contributed by atoms with Gasteiger partial charge in [0.2, 0.25) is 5.91 Å². The van der Waals surface area contributed by atoms with Crippen LogP contribution in [0, 0.1) is 0 Å². The van der Waals surface area contributed by atoms with Crippen molar-refractivity contribution in [3.8, 4) is 0 Å². The van der Waals surface area contributed by atoms with Gasteiger partial charge < -0.3 is 15.4 Å². The van der Waals surface area contributed by atoms with Crippen LogP contribution in [0.4, 0.5) is 5.69 Å². The summed E-state index contributed by atoms with van der Waals surface area (Å²) in [5.41, 5.74) is 2.15. The molecule has 0 aliphatic carbocycles. The number of carbonyl (C=O) groups excluding carboxylic acids is 2. The molecule has 8 nitrogen and oxygen atoms in total. The third kappa shape index (κ3) is 6.06. The molecule has 2 rings (SSSR count). The zero-order valence-corrected chi connectivity index (χ0v) is 14.7. The van der Waals surface area contributed by atoms with Crippen molar-refractivity contribution in [3.63, 3.8) is 0 Å². The van der Waals surface area contributed by atoms with Gasteiger partial charge in [-0.05, 0) is 24.6 Å². The zero-order chi connectivity index (χ0) is 18.8. The SMILES string of the molecule is CNC(=O)CCc1cc(NC(=O)c2cnc(/C=C\COC)cn2)ccn1. The van der Waals surface area contributed by atoms with Crippen LogP contribution in [0.5, 0.6) is 0 Å². The fourth-order valence-electron chi connectivity index (χ4n) is 2.06. The van der Waals surface area contributed by atoms with E-state index in [0.717, 1.165) is 5.69 Å². The highest BCUT2D eigenvalue weighted by atomic mass is 16.5. The average Bonchev–Trinajstić information content (AvgIpc) is 2.67. The Balaban J connectivity index is 1.97. The van der Waals surface area contributed by atoms with Crippen LogP contribution in [0.1, 0.15) is 28.3 Å². The van der Waals surface area contributed by atoms with Gasteiger partial charge in [-0.2, -0.15) is 0 Å². The van der Waals surface area contributed by atoms with Crippen LogP contribution < -0.4 is 10.6 Å². The van der Waals surface area contributed by atoms with Gasteiger partial charge in [0.25, 0.3) is 5.91 Å². The average molecular weight is 355 g/mol. The maximum absolute atomic E-state index is 12.3. The van der Waals surface area contributed by atoms with Crippen molar-refractivity contribution in [1.82, 2.24) is 20.3 Å². The van der Waals surface area contributed by atoms with Gasteiger partial charge in [0.15, 0.2) is 0 Å². The number of anilines is 1. The van der Waals surface area contributed by atoms with Crippen molar-refractivity contribution in [1.29, 1.82) is 0 Å². The molecule has 8 heteroatoms. The van der Waals surface area contributed by atoms with Crippen molar-refractivity contribution >= 4 is 23.6 Å². The molecule has 0 spiro atoms. The topological polar surface area (TPSA) is 106 Å². The molecule has 0 bridgehead atoms. The molecule has 2 amide bonds. The third-order valence-corrected chi connectivity index (χ3v) is 3.42. The number of nitrogens with one attached hydrogen (secondary N) is 2. The van der Waals surface area contributed by atoms with E-state index >= 15 is 0 Å². The highest BCUT2D eigenvalue weighted by Crippen LogP contribution is 2.11. The molecule has 0 saturated carbocycles. The molecule has 0 atom stereocenters. The van der Waals surface area contributed by atoms with E-state index in [1.165, 1.54) is 12.4 Å². The van der Waals surface area contributed by atoms with E-state index < -0.39 is 0 Å². The number of amides is 2. The minimum atomic E-state index is -0.367. The van der Waals surface area contributed by atoms with Crippen LogP contribution in [0.3, 0.4) is 0 Å². The van der Waals surface area contributed by atoms with Crippen LogP contribution in [0.25, 0.3) is 6.08 Å². The fourth-order valence-corrected chi connectivity index (χ4v) is 2.06. The summed E-state index contributed by atoms with van der Waals surface area (Å²) in [6.07, 6.45) is 8.92. The van der Waals surface area contributed by atoms with Crippen molar-refractivity contribution in [2.45, 2.75) is 12.8 Å². The zero-order valence-electron chi connectivity index (χ0n) is 14.7. The van der Waals surface area contributed by atoms with Gasteiger partial charge in [-0.3, -0.25) is 19.6 Å². The Labute approximate surface area is 151 Å². The molecule has 26 heavy (non-hydrogen) atoms. The first kappa shape index (κ1) is 19.2. The van der Waals surface area contributed by atoms with E-state index in [0.29, 0.717) is 30.8 Å². The largest absolute Gasteiger partial charge is 0.381 e. The summed E-state index contributed by atoms with van der Waals surface area (Å²) >= 11 is 0. The lowest BCUT2D eigenvalue weighted by Gasteiger charge is -2.06. The van der Waals surface area contributed by atoms with Crippen LogP contribution in [-0.4, -0.2) is 47.5 Å². The minimum Gasteiger partial charge on any atom is -0.381 e. The lowest BCUT2D eigenvalue weighted by Crippen LogP contribution is -2.18. The monoisotopic (exact) mass is 355 g/mol. The van der Waals surface area contributed by atoms with E-state index in [1.807, 2.05) is 0 Å². The molecule has 0 aliphatic rings. The second-order valence-electron chi connectivity index (χ2n) is 5.35. The fraction of sp³-hybridized carbons (Fsp3) is 0.278. The molecule has 2 aromatic heterocycles. The summed E-state index contributed by atoms with van der Waals surface area (Å²) < 4.78 is 4.91. The van der Waals surface area contributed by atoms with Crippen molar-refractivity contribution < 1.29 is 14.3 Å². The molecule has 136 valence electrons. The quantitative estimate of drug-likeness (QED) is 0.743. The molecule has 0 aromatic carbocycles. The number of ether oxygens (including phenoxy) is 1. The molecule has 0 unspecified atom stereocenters. The van der Waals surface area contributed by atoms with E-state index in [-0.39, 0.29) is 17.5 Å². The van der Waals surface area contributed by atoms with Crippen LogP contribution in [0.2, 0.25) is 0 Å². The Kier molecular flexibility index (Phi) is 7.38. The van der Waals surface area contributed by atoms with Gasteiger partial charge in [0.05, 0.1) is 24.7 Å². The third-order valence-electron chi connectivity index (χ3n) is 3.42. The van der Waals surface area contributed by atoms with E-state index in [9.17, 15) is 9.59 Å². The lowest BCUT2D eigenvalue weighted by molar-refractivity contribution is -0.120. The molecule has 0 fully saturated rings. The van der Waals surface area contributed by atoms with Gasteiger partial charge >= 0.3 is 0 Å². The maximum Gasteiger partial charge on any atom is 0.275 e. The first-order chi connectivity index (χ1) is 12.6.